The quantitative estimate of drug-likeness (QED) is 0.160. The zero-order valence-corrected chi connectivity index (χ0v) is 24.7. The van der Waals surface area contributed by atoms with Gasteiger partial charge in [0.15, 0.2) is 11.5 Å². The highest BCUT2D eigenvalue weighted by atomic mass is 19.4. The molecule has 0 aliphatic heterocycles. The van der Waals surface area contributed by atoms with Crippen LogP contribution >= 0.6 is 0 Å². The van der Waals surface area contributed by atoms with Gasteiger partial charge in [-0.3, -0.25) is 0 Å². The van der Waals surface area contributed by atoms with E-state index in [1.54, 1.807) is 37.4 Å². The summed E-state index contributed by atoms with van der Waals surface area (Å²) in [6, 6.07) is 25.1. The number of pyridine rings is 1. The van der Waals surface area contributed by atoms with Crippen LogP contribution in [-0.4, -0.2) is 39.1 Å². The summed E-state index contributed by atoms with van der Waals surface area (Å²) in [6.45, 7) is 4.17. The molecule has 232 valence electrons. The molecule has 1 N–H and O–H groups in total. The van der Waals surface area contributed by atoms with Crippen molar-refractivity contribution in [3.63, 3.8) is 0 Å². The van der Waals surface area contributed by atoms with Crippen molar-refractivity contribution in [2.75, 3.05) is 7.11 Å². The molecule has 45 heavy (non-hydrogen) atoms. The molecule has 8 nitrogen and oxygen atoms in total. The van der Waals surface area contributed by atoms with Crippen molar-refractivity contribution in [3.8, 4) is 45.5 Å². The fourth-order valence-electron chi connectivity index (χ4n) is 4.65. The lowest BCUT2D eigenvalue weighted by Gasteiger charge is -2.19. The van der Waals surface area contributed by atoms with Crippen LogP contribution in [0.15, 0.2) is 91.1 Å². The molecule has 5 rings (SSSR count). The highest BCUT2D eigenvalue weighted by Crippen LogP contribution is 2.36. The third kappa shape index (κ3) is 6.93. The van der Waals surface area contributed by atoms with Crippen LogP contribution in [0.25, 0.3) is 28.2 Å². The zero-order valence-electron chi connectivity index (χ0n) is 24.7. The molecular weight excluding hydrogens is 587 g/mol. The summed E-state index contributed by atoms with van der Waals surface area (Å²) in [5.74, 6) is -0.0619. The van der Waals surface area contributed by atoms with Crippen LogP contribution in [0.1, 0.15) is 41.9 Å². The third-order valence-electron chi connectivity index (χ3n) is 7.16. The number of aromatic nitrogens is 3. The van der Waals surface area contributed by atoms with E-state index in [1.165, 1.54) is 12.1 Å². The molecule has 3 aromatic carbocycles. The van der Waals surface area contributed by atoms with Gasteiger partial charge in [-0.05, 0) is 66.9 Å². The fraction of sp³-hybridized carbons (Fsp3) is 0.206. The van der Waals surface area contributed by atoms with Gasteiger partial charge in [0.2, 0.25) is 0 Å². The number of hydrogen-bond acceptors (Lipinski definition) is 6. The number of ether oxygens (including phenoxy) is 3. The van der Waals surface area contributed by atoms with Crippen molar-refractivity contribution >= 4 is 5.97 Å². The molecule has 0 radical (unpaired) electrons. The maximum absolute atomic E-state index is 13.8. The monoisotopic (exact) mass is 617 g/mol. The van der Waals surface area contributed by atoms with Crippen LogP contribution in [0.4, 0.5) is 13.2 Å². The number of benzene rings is 3. The maximum atomic E-state index is 13.8. The molecule has 0 aliphatic carbocycles. The number of hydrogen-bond donors (Lipinski definition) is 1. The molecule has 0 aliphatic rings. The molecule has 0 spiro atoms. The minimum Gasteiger partial charge on any atom is -0.497 e. The fourth-order valence-corrected chi connectivity index (χ4v) is 4.65. The molecule has 11 heteroatoms. The van der Waals surface area contributed by atoms with Crippen molar-refractivity contribution in [2.45, 2.75) is 39.2 Å². The Labute approximate surface area is 257 Å². The van der Waals surface area contributed by atoms with E-state index in [-0.39, 0.29) is 18.5 Å². The van der Waals surface area contributed by atoms with Gasteiger partial charge in [0, 0.05) is 11.1 Å². The molecular formula is C34H30F3N3O5. The maximum Gasteiger partial charge on any atom is 0.434 e. The zero-order chi connectivity index (χ0) is 32.1. The first-order valence-corrected chi connectivity index (χ1v) is 14.1. The van der Waals surface area contributed by atoms with Gasteiger partial charge in [0.1, 0.15) is 29.4 Å². The number of carboxylic acids is 1. The topological polar surface area (TPSA) is 95.7 Å². The molecule has 2 aromatic heterocycles. The molecule has 1 unspecified atom stereocenters. The summed E-state index contributed by atoms with van der Waals surface area (Å²) < 4.78 is 59.8. The summed E-state index contributed by atoms with van der Waals surface area (Å²) in [5.41, 5.74) is 1.21. The number of halogens is 3. The molecule has 0 amide bonds. The van der Waals surface area contributed by atoms with Crippen LogP contribution in [0.2, 0.25) is 0 Å². The third-order valence-corrected chi connectivity index (χ3v) is 7.16. The Hall–Kier alpha value is -5.32. The number of alkyl halides is 3. The van der Waals surface area contributed by atoms with Gasteiger partial charge >= 0.3 is 12.1 Å². The second-order valence-corrected chi connectivity index (χ2v) is 10.2. The smallest absolute Gasteiger partial charge is 0.434 e. The predicted octanol–water partition coefficient (Wildman–Crippen LogP) is 8.08. The van der Waals surface area contributed by atoms with Gasteiger partial charge < -0.3 is 19.3 Å². The minimum absolute atomic E-state index is 0.0420. The SMILES string of the molecule is CCC(C)Oc1cc(-c2ccc(OC)cc2)ccc1COc1ccccc1-c1cccc(-n2ncc(C(=O)O)c2C(F)(F)F)n1. The molecule has 1 atom stereocenters. The predicted molar refractivity (Wildman–Crippen MR) is 162 cm³/mol. The first-order valence-electron chi connectivity index (χ1n) is 14.1. The Morgan fingerprint density at radius 1 is 0.956 bits per heavy atom. The first kappa shape index (κ1) is 31.1. The lowest BCUT2D eigenvalue weighted by Crippen LogP contribution is -2.18. The van der Waals surface area contributed by atoms with Crippen molar-refractivity contribution in [3.05, 3.63) is 108 Å². The molecule has 2 heterocycles. The molecule has 5 aromatic rings. The van der Waals surface area contributed by atoms with Gasteiger partial charge in [0.25, 0.3) is 0 Å². The number of rotatable bonds is 11. The number of aromatic carboxylic acids is 1. The van der Waals surface area contributed by atoms with E-state index in [0.29, 0.717) is 33.6 Å². The summed E-state index contributed by atoms with van der Waals surface area (Å²) in [4.78, 5) is 15.8. The average Bonchev–Trinajstić information content (AvgIpc) is 3.51. The van der Waals surface area contributed by atoms with E-state index in [4.69, 9.17) is 14.2 Å². The molecule has 0 saturated heterocycles. The summed E-state index contributed by atoms with van der Waals surface area (Å²) >= 11 is 0. The highest BCUT2D eigenvalue weighted by molar-refractivity contribution is 5.89. The number of nitrogens with zero attached hydrogens (tertiary/aromatic N) is 3. The van der Waals surface area contributed by atoms with Crippen LogP contribution in [0.3, 0.4) is 0 Å². The standard InChI is InChI=1S/C34H30F3N3O5/c1-4-21(2)45-30-18-23(22-14-16-25(43-3)17-15-22)12-13-24(30)20-44-29-10-6-5-8-26(29)28-9-7-11-31(39-28)40-32(34(35,36)37)27(19-38-40)33(41)42/h5-19,21H,4,20H2,1-3H3,(H,41,42). The van der Waals surface area contributed by atoms with Gasteiger partial charge in [-0.1, -0.05) is 49.4 Å². The van der Waals surface area contributed by atoms with E-state index in [2.05, 4.69) is 10.1 Å². The van der Waals surface area contributed by atoms with Gasteiger partial charge in [-0.15, -0.1) is 0 Å². The van der Waals surface area contributed by atoms with Crippen LogP contribution in [-0.2, 0) is 12.8 Å². The minimum atomic E-state index is -4.97. The Morgan fingerprint density at radius 3 is 2.38 bits per heavy atom. The summed E-state index contributed by atoms with van der Waals surface area (Å²) in [5, 5.41) is 13.0. The summed E-state index contributed by atoms with van der Waals surface area (Å²) in [7, 11) is 1.62. The van der Waals surface area contributed by atoms with Crippen molar-refractivity contribution in [2.24, 2.45) is 0 Å². The van der Waals surface area contributed by atoms with Crippen molar-refractivity contribution in [1.82, 2.24) is 14.8 Å². The van der Waals surface area contributed by atoms with Crippen molar-refractivity contribution < 1.29 is 37.3 Å². The Morgan fingerprint density at radius 2 is 1.69 bits per heavy atom. The Balaban J connectivity index is 1.45. The number of para-hydroxylation sites is 1. The second-order valence-electron chi connectivity index (χ2n) is 10.2. The highest BCUT2D eigenvalue weighted by Gasteiger charge is 2.41. The Kier molecular flexibility index (Phi) is 9.08. The average molecular weight is 618 g/mol. The van der Waals surface area contributed by atoms with Crippen LogP contribution < -0.4 is 14.2 Å². The van der Waals surface area contributed by atoms with Crippen molar-refractivity contribution in [1.29, 1.82) is 0 Å². The van der Waals surface area contributed by atoms with Crippen LogP contribution in [0.5, 0.6) is 17.2 Å². The van der Waals surface area contributed by atoms with E-state index in [1.807, 2.05) is 56.3 Å². The second kappa shape index (κ2) is 13.1. The number of methoxy groups -OCH3 is 1. The molecule has 0 bridgehead atoms. The first-order chi connectivity index (χ1) is 21.6. The number of carbonyl (C=O) groups is 1. The Bertz CT molecular complexity index is 1800. The molecule has 0 saturated carbocycles. The van der Waals surface area contributed by atoms with E-state index >= 15 is 0 Å². The number of carboxylic acid groups (broad SMARTS) is 1. The summed E-state index contributed by atoms with van der Waals surface area (Å²) in [6.07, 6.45) is -3.55. The van der Waals surface area contributed by atoms with Gasteiger partial charge in [0.05, 0.1) is 25.1 Å². The van der Waals surface area contributed by atoms with E-state index in [0.717, 1.165) is 28.9 Å². The lowest BCUT2D eigenvalue weighted by molar-refractivity contribution is -0.143. The molecule has 0 fully saturated rings. The lowest BCUT2D eigenvalue weighted by atomic mass is 10.0. The van der Waals surface area contributed by atoms with Gasteiger partial charge in [-0.25, -0.2) is 14.5 Å². The van der Waals surface area contributed by atoms with Gasteiger partial charge in [-0.2, -0.15) is 18.3 Å². The van der Waals surface area contributed by atoms with E-state index in [9.17, 15) is 23.1 Å². The normalized spacial score (nSPS) is 12.0. The van der Waals surface area contributed by atoms with Crippen LogP contribution in [0, 0.1) is 0 Å². The largest absolute Gasteiger partial charge is 0.497 e. The van der Waals surface area contributed by atoms with E-state index < -0.39 is 23.4 Å².